The molecule has 46 heavy (non-hydrogen) atoms. The zero-order valence-corrected chi connectivity index (χ0v) is 28.4. The van der Waals surface area contributed by atoms with Gasteiger partial charge in [0.2, 0.25) is 23.6 Å². The van der Waals surface area contributed by atoms with Crippen molar-refractivity contribution in [3.05, 3.63) is 0 Å². The van der Waals surface area contributed by atoms with E-state index in [2.05, 4.69) is 26.6 Å². The Balaban J connectivity index is 3.99. The lowest BCUT2D eigenvalue weighted by atomic mass is 10.1. The minimum Gasteiger partial charge on any atom is -0.481 e. The average Bonchev–Trinajstić information content (AvgIpc) is 2.97. The molecule has 14 nitrogen and oxygen atoms in total. The van der Waals surface area contributed by atoms with Crippen LogP contribution in [0.25, 0.3) is 0 Å². The van der Waals surface area contributed by atoms with Crippen molar-refractivity contribution in [1.29, 1.82) is 0 Å². The number of alkyl carbamates (subject to hydrolysis) is 1. The predicted molar refractivity (Wildman–Crippen MR) is 174 cm³/mol. The highest BCUT2D eigenvalue weighted by molar-refractivity contribution is 5.88. The summed E-state index contributed by atoms with van der Waals surface area (Å²) in [5.41, 5.74) is -0.524. The van der Waals surface area contributed by atoms with Gasteiger partial charge in [-0.1, -0.05) is 12.8 Å². The van der Waals surface area contributed by atoms with E-state index in [4.69, 9.17) is 14.6 Å². The Labute approximate surface area is 274 Å². The molecule has 0 aromatic rings. The molecular formula is C32H59N5O9. The largest absolute Gasteiger partial charge is 0.481 e. The van der Waals surface area contributed by atoms with Gasteiger partial charge in [0, 0.05) is 58.7 Å². The normalized spacial score (nSPS) is 11.7. The second kappa shape index (κ2) is 26.8. The molecule has 5 amide bonds. The van der Waals surface area contributed by atoms with Crippen molar-refractivity contribution in [1.82, 2.24) is 26.6 Å². The number of amides is 5. The molecule has 0 radical (unpaired) electrons. The Kier molecular flexibility index (Phi) is 24.8. The van der Waals surface area contributed by atoms with E-state index in [1.165, 1.54) is 0 Å². The van der Waals surface area contributed by atoms with Crippen LogP contribution in [0, 0.1) is 0 Å². The lowest BCUT2D eigenvalue weighted by Gasteiger charge is -2.19. The monoisotopic (exact) mass is 657 g/mol. The molecule has 0 aliphatic heterocycles. The third-order valence-corrected chi connectivity index (χ3v) is 6.58. The summed E-state index contributed by atoms with van der Waals surface area (Å²) in [6.07, 6.45) is 6.73. The highest BCUT2D eigenvalue weighted by atomic mass is 16.6. The quantitative estimate of drug-likeness (QED) is 0.0719. The Morgan fingerprint density at radius 1 is 0.630 bits per heavy atom. The molecule has 0 spiro atoms. The molecule has 266 valence electrons. The van der Waals surface area contributed by atoms with Crippen molar-refractivity contribution in [2.45, 2.75) is 129 Å². The van der Waals surface area contributed by atoms with Crippen molar-refractivity contribution < 1.29 is 43.3 Å². The second-order valence-electron chi connectivity index (χ2n) is 12.1. The number of hydrogen-bond donors (Lipinski definition) is 6. The summed E-state index contributed by atoms with van der Waals surface area (Å²) in [5, 5.41) is 22.7. The van der Waals surface area contributed by atoms with Crippen LogP contribution in [-0.4, -0.2) is 91.8 Å². The van der Waals surface area contributed by atoms with Crippen molar-refractivity contribution in [3.8, 4) is 0 Å². The van der Waals surface area contributed by atoms with Crippen molar-refractivity contribution >= 4 is 35.7 Å². The van der Waals surface area contributed by atoms with E-state index in [9.17, 15) is 28.8 Å². The summed E-state index contributed by atoms with van der Waals surface area (Å²) in [6.45, 7) is 10.3. The van der Waals surface area contributed by atoms with E-state index in [0.29, 0.717) is 84.3 Å². The lowest BCUT2D eigenvalue weighted by Crippen LogP contribution is -2.47. The van der Waals surface area contributed by atoms with Gasteiger partial charge in [0.1, 0.15) is 11.6 Å². The van der Waals surface area contributed by atoms with Crippen LogP contribution >= 0.6 is 0 Å². The first-order chi connectivity index (χ1) is 21.8. The molecule has 0 rings (SSSR count). The Hall–Kier alpha value is -3.42. The van der Waals surface area contributed by atoms with E-state index in [-0.39, 0.29) is 30.6 Å². The Bertz CT molecular complexity index is 909. The smallest absolute Gasteiger partial charge is 0.407 e. The van der Waals surface area contributed by atoms with Crippen LogP contribution < -0.4 is 26.6 Å². The number of unbranched alkanes of at least 4 members (excludes halogenated alkanes) is 5. The zero-order chi connectivity index (χ0) is 34.6. The number of carboxylic acids is 1. The molecule has 14 heteroatoms. The molecule has 1 atom stereocenters. The van der Waals surface area contributed by atoms with Gasteiger partial charge in [0.25, 0.3) is 0 Å². The van der Waals surface area contributed by atoms with Crippen molar-refractivity contribution in [3.63, 3.8) is 0 Å². The lowest BCUT2D eigenvalue weighted by molar-refractivity contribution is -0.139. The van der Waals surface area contributed by atoms with Crippen molar-refractivity contribution in [2.75, 3.05) is 39.4 Å². The molecular weight excluding hydrogens is 598 g/mol. The molecule has 0 aromatic heterocycles. The van der Waals surface area contributed by atoms with E-state index < -0.39 is 29.6 Å². The summed E-state index contributed by atoms with van der Waals surface area (Å²) in [6, 6.07) is -0.780. The Morgan fingerprint density at radius 3 is 1.72 bits per heavy atom. The number of hydrogen-bond acceptors (Lipinski definition) is 8. The summed E-state index contributed by atoms with van der Waals surface area (Å²) in [4.78, 5) is 71.2. The summed E-state index contributed by atoms with van der Waals surface area (Å²) >= 11 is 0. The zero-order valence-electron chi connectivity index (χ0n) is 28.4. The van der Waals surface area contributed by atoms with Gasteiger partial charge in [-0.2, -0.15) is 0 Å². The van der Waals surface area contributed by atoms with Crippen LogP contribution in [0.2, 0.25) is 0 Å². The van der Waals surface area contributed by atoms with Crippen LogP contribution in [0.4, 0.5) is 4.79 Å². The number of nitrogens with one attached hydrogen (secondary N) is 5. The maximum atomic E-state index is 12.6. The first-order valence-corrected chi connectivity index (χ1v) is 16.7. The van der Waals surface area contributed by atoms with E-state index in [1.54, 1.807) is 0 Å². The molecule has 0 fully saturated rings. The van der Waals surface area contributed by atoms with Gasteiger partial charge in [-0.15, -0.1) is 0 Å². The van der Waals surface area contributed by atoms with Gasteiger partial charge < -0.3 is 41.2 Å². The minimum absolute atomic E-state index is 0.000958. The topological polar surface area (TPSA) is 201 Å². The molecule has 0 saturated carbocycles. The SMILES string of the molecule is CCOCCCNC(=O)[C@H](CCCCNC(=O)CCCCCNC(=O)CCCCCNC(=O)OC(C)(C)C)NC(=O)CCC(=O)O. The van der Waals surface area contributed by atoms with E-state index >= 15 is 0 Å². The molecule has 0 aromatic carbocycles. The highest BCUT2D eigenvalue weighted by Gasteiger charge is 2.20. The predicted octanol–water partition coefficient (Wildman–Crippen LogP) is 2.93. The van der Waals surface area contributed by atoms with Gasteiger partial charge in [-0.3, -0.25) is 24.0 Å². The van der Waals surface area contributed by atoms with Crippen LogP contribution in [0.5, 0.6) is 0 Å². The highest BCUT2D eigenvalue weighted by Crippen LogP contribution is 2.07. The summed E-state index contributed by atoms with van der Waals surface area (Å²) in [7, 11) is 0. The molecule has 6 N–H and O–H groups in total. The first kappa shape index (κ1) is 42.6. The standard InChI is InChI=1S/C32H59N5O9/c1-5-45-24-14-23-35-30(43)25(37-28(40)18-19-29(41)42)15-10-13-21-34-27(39)16-8-6-11-20-33-26(38)17-9-7-12-22-36-31(44)46-32(2,3)4/h25H,5-24H2,1-4H3,(H,33,38)(H,34,39)(H,35,43)(H,36,44)(H,37,40)(H,41,42)/t25-/m0/s1. The summed E-state index contributed by atoms with van der Waals surface area (Å²) < 4.78 is 10.4. The average molecular weight is 658 g/mol. The van der Waals surface area contributed by atoms with Crippen LogP contribution in [0.15, 0.2) is 0 Å². The maximum Gasteiger partial charge on any atom is 0.407 e. The van der Waals surface area contributed by atoms with Gasteiger partial charge in [0.15, 0.2) is 0 Å². The molecule has 0 aliphatic carbocycles. The molecule has 0 unspecified atom stereocenters. The second-order valence-corrected chi connectivity index (χ2v) is 12.1. The fourth-order valence-electron chi connectivity index (χ4n) is 4.19. The number of carbonyl (C=O) groups excluding carboxylic acids is 5. The first-order valence-electron chi connectivity index (χ1n) is 16.7. The minimum atomic E-state index is -1.08. The third kappa shape index (κ3) is 28.1. The number of aliphatic carboxylic acids is 1. The van der Waals surface area contributed by atoms with Gasteiger partial charge in [0.05, 0.1) is 6.42 Å². The number of carboxylic acid groups (broad SMARTS) is 1. The van der Waals surface area contributed by atoms with Crippen LogP contribution in [-0.2, 0) is 33.4 Å². The molecule has 0 bridgehead atoms. The molecule has 0 saturated heterocycles. The van der Waals surface area contributed by atoms with Crippen LogP contribution in [0.1, 0.15) is 118 Å². The van der Waals surface area contributed by atoms with Crippen LogP contribution in [0.3, 0.4) is 0 Å². The number of rotatable bonds is 27. The molecule has 0 aliphatic rings. The summed E-state index contributed by atoms with van der Waals surface area (Å²) in [5.74, 6) is -1.97. The van der Waals surface area contributed by atoms with Gasteiger partial charge in [-0.05, 0) is 79.1 Å². The van der Waals surface area contributed by atoms with Gasteiger partial charge >= 0.3 is 12.1 Å². The maximum absolute atomic E-state index is 12.6. The van der Waals surface area contributed by atoms with Crippen molar-refractivity contribution in [2.24, 2.45) is 0 Å². The fraction of sp³-hybridized carbons (Fsp3) is 0.812. The van der Waals surface area contributed by atoms with Gasteiger partial charge in [-0.25, -0.2) is 4.79 Å². The van der Waals surface area contributed by atoms with E-state index in [0.717, 1.165) is 32.1 Å². The molecule has 0 heterocycles. The third-order valence-electron chi connectivity index (χ3n) is 6.58. The van der Waals surface area contributed by atoms with E-state index in [1.807, 2.05) is 27.7 Å². The Morgan fingerprint density at radius 2 is 1.17 bits per heavy atom. The fourth-order valence-corrected chi connectivity index (χ4v) is 4.19. The number of carbonyl (C=O) groups is 6. The number of ether oxygens (including phenoxy) is 2.